The molecule has 8 nitrogen and oxygen atoms in total. The van der Waals surface area contributed by atoms with Crippen molar-refractivity contribution in [2.75, 3.05) is 41.8 Å². The van der Waals surface area contributed by atoms with Gasteiger partial charge in [-0.2, -0.15) is 0 Å². The van der Waals surface area contributed by atoms with E-state index in [4.69, 9.17) is 0 Å². The lowest BCUT2D eigenvalue weighted by Gasteiger charge is -2.26. The molecule has 1 atom stereocenters. The lowest BCUT2D eigenvalue weighted by Crippen LogP contribution is -2.39. The van der Waals surface area contributed by atoms with Gasteiger partial charge in [-0.3, -0.25) is 14.5 Å². The molecule has 0 aromatic heterocycles. The van der Waals surface area contributed by atoms with Gasteiger partial charge in [0.15, 0.2) is 9.84 Å². The van der Waals surface area contributed by atoms with Crippen molar-refractivity contribution in [2.24, 2.45) is 0 Å². The number of nitrogens with zero attached hydrogens (tertiary/aromatic N) is 1. The van der Waals surface area contributed by atoms with Crippen LogP contribution >= 0.6 is 0 Å². The summed E-state index contributed by atoms with van der Waals surface area (Å²) in [5.41, 5.74) is 6.12. The minimum atomic E-state index is -2.89. The number of carbonyl (C=O) groups is 2. The van der Waals surface area contributed by atoms with Crippen molar-refractivity contribution in [1.29, 1.82) is 0 Å². The lowest BCUT2D eigenvalue weighted by molar-refractivity contribution is -0.117. The standard InChI is InChI=1S/C30H34N4O4S/c1-21-4-11-26(33-30(36)28-3-2-14-31-28)19-27(21)23-7-9-24(10-8-23)29(35)32-25-12-5-22(6-13-25)20-34-15-17-39(37,38)18-16-34/h4-13,19,28,31H,2-3,14-18,20H2,1H3,(H,32,35)(H,33,36)/t28-/m0/s1. The van der Waals surface area contributed by atoms with Crippen molar-refractivity contribution in [3.05, 3.63) is 83.4 Å². The summed E-state index contributed by atoms with van der Waals surface area (Å²) in [5, 5.41) is 9.18. The number of anilines is 2. The zero-order chi connectivity index (χ0) is 27.4. The Hall–Kier alpha value is -3.53. The maximum Gasteiger partial charge on any atom is 0.255 e. The van der Waals surface area contributed by atoms with E-state index in [-0.39, 0.29) is 29.4 Å². The van der Waals surface area contributed by atoms with Crippen molar-refractivity contribution in [3.63, 3.8) is 0 Å². The number of nitrogens with one attached hydrogen (secondary N) is 3. The fraction of sp³-hybridized carbons (Fsp3) is 0.333. The SMILES string of the molecule is Cc1ccc(NC(=O)[C@@H]2CCCN2)cc1-c1ccc(C(=O)Nc2ccc(CN3CCS(=O)(=O)CC3)cc2)cc1. The summed E-state index contributed by atoms with van der Waals surface area (Å²) in [6.07, 6.45) is 1.86. The van der Waals surface area contributed by atoms with Crippen LogP contribution in [0.1, 0.15) is 34.3 Å². The summed E-state index contributed by atoms with van der Waals surface area (Å²) in [7, 11) is -2.89. The Morgan fingerprint density at radius 2 is 1.62 bits per heavy atom. The van der Waals surface area contributed by atoms with Gasteiger partial charge >= 0.3 is 0 Å². The van der Waals surface area contributed by atoms with E-state index in [1.165, 1.54) is 0 Å². The van der Waals surface area contributed by atoms with Crippen LogP contribution in [0, 0.1) is 6.92 Å². The van der Waals surface area contributed by atoms with Gasteiger partial charge in [-0.25, -0.2) is 8.42 Å². The van der Waals surface area contributed by atoms with Gasteiger partial charge < -0.3 is 16.0 Å². The molecule has 9 heteroatoms. The molecule has 3 aromatic carbocycles. The number of hydrogen-bond acceptors (Lipinski definition) is 6. The number of hydrogen-bond donors (Lipinski definition) is 3. The average molecular weight is 547 g/mol. The quantitative estimate of drug-likeness (QED) is 0.416. The normalized spacial score (nSPS) is 18.9. The third-order valence-corrected chi connectivity index (χ3v) is 9.00. The summed E-state index contributed by atoms with van der Waals surface area (Å²) in [4.78, 5) is 27.5. The van der Waals surface area contributed by atoms with Crippen LogP contribution in [0.3, 0.4) is 0 Å². The maximum absolute atomic E-state index is 12.9. The fourth-order valence-electron chi connectivity index (χ4n) is 5.01. The Kier molecular flexibility index (Phi) is 8.11. The first kappa shape index (κ1) is 27.1. The molecule has 2 aliphatic rings. The van der Waals surface area contributed by atoms with Gasteiger partial charge in [0.1, 0.15) is 0 Å². The van der Waals surface area contributed by atoms with Crippen LogP contribution in [0.4, 0.5) is 11.4 Å². The van der Waals surface area contributed by atoms with Crippen LogP contribution in [0.25, 0.3) is 11.1 Å². The molecule has 2 fully saturated rings. The van der Waals surface area contributed by atoms with Crippen LogP contribution in [0.5, 0.6) is 0 Å². The second-order valence-electron chi connectivity index (χ2n) is 10.3. The molecule has 2 amide bonds. The predicted molar refractivity (Wildman–Crippen MR) is 155 cm³/mol. The van der Waals surface area contributed by atoms with Crippen molar-refractivity contribution in [3.8, 4) is 11.1 Å². The molecule has 2 heterocycles. The lowest BCUT2D eigenvalue weighted by atomic mass is 9.98. The molecule has 204 valence electrons. The minimum Gasteiger partial charge on any atom is -0.325 e. The molecular weight excluding hydrogens is 512 g/mol. The highest BCUT2D eigenvalue weighted by Crippen LogP contribution is 2.27. The predicted octanol–water partition coefficient (Wildman–Crippen LogP) is 3.84. The highest BCUT2D eigenvalue weighted by molar-refractivity contribution is 7.91. The molecular formula is C30H34N4O4S. The monoisotopic (exact) mass is 546 g/mol. The molecule has 0 aliphatic carbocycles. The first-order valence-electron chi connectivity index (χ1n) is 13.3. The van der Waals surface area contributed by atoms with Gasteiger partial charge in [0.25, 0.3) is 5.91 Å². The van der Waals surface area contributed by atoms with Crippen molar-refractivity contribution >= 4 is 33.0 Å². The Morgan fingerprint density at radius 3 is 2.28 bits per heavy atom. The molecule has 0 unspecified atom stereocenters. The Morgan fingerprint density at radius 1 is 0.923 bits per heavy atom. The van der Waals surface area contributed by atoms with Gasteiger partial charge in [0, 0.05) is 36.6 Å². The zero-order valence-electron chi connectivity index (χ0n) is 22.1. The third-order valence-electron chi connectivity index (χ3n) is 7.40. The van der Waals surface area contributed by atoms with Crippen LogP contribution < -0.4 is 16.0 Å². The molecule has 2 saturated heterocycles. The number of amides is 2. The Bertz CT molecular complexity index is 1430. The number of benzene rings is 3. The summed E-state index contributed by atoms with van der Waals surface area (Å²) >= 11 is 0. The zero-order valence-corrected chi connectivity index (χ0v) is 22.9. The van der Waals surface area contributed by atoms with E-state index in [0.29, 0.717) is 30.9 Å². The smallest absolute Gasteiger partial charge is 0.255 e. The highest BCUT2D eigenvalue weighted by Gasteiger charge is 2.23. The van der Waals surface area contributed by atoms with Gasteiger partial charge in [-0.05, 0) is 85.0 Å². The first-order valence-corrected chi connectivity index (χ1v) is 15.2. The Labute approximate surface area is 229 Å². The molecule has 0 saturated carbocycles. The molecule has 2 aliphatic heterocycles. The number of carbonyl (C=O) groups excluding carboxylic acids is 2. The van der Waals surface area contributed by atoms with Crippen LogP contribution in [0.2, 0.25) is 0 Å². The second-order valence-corrected chi connectivity index (χ2v) is 12.6. The first-order chi connectivity index (χ1) is 18.8. The molecule has 39 heavy (non-hydrogen) atoms. The van der Waals surface area contributed by atoms with Crippen molar-refractivity contribution in [2.45, 2.75) is 32.4 Å². The summed E-state index contributed by atoms with van der Waals surface area (Å²) in [6.45, 7) is 4.68. The van der Waals surface area contributed by atoms with E-state index in [9.17, 15) is 18.0 Å². The van der Waals surface area contributed by atoms with E-state index in [1.807, 2.05) is 61.5 Å². The highest BCUT2D eigenvalue weighted by atomic mass is 32.2. The summed E-state index contributed by atoms with van der Waals surface area (Å²) in [5.74, 6) is 0.209. The van der Waals surface area contributed by atoms with Crippen LogP contribution in [-0.2, 0) is 21.2 Å². The maximum atomic E-state index is 12.9. The van der Waals surface area contributed by atoms with E-state index < -0.39 is 9.84 Å². The minimum absolute atomic E-state index is 0.00991. The van der Waals surface area contributed by atoms with Crippen molar-refractivity contribution in [1.82, 2.24) is 10.2 Å². The average Bonchev–Trinajstić information content (AvgIpc) is 3.48. The van der Waals surface area contributed by atoms with Gasteiger partial charge in [0.05, 0.1) is 17.5 Å². The molecule has 5 rings (SSSR count). The van der Waals surface area contributed by atoms with E-state index in [2.05, 4.69) is 20.9 Å². The fourth-order valence-corrected chi connectivity index (χ4v) is 6.29. The van der Waals surface area contributed by atoms with E-state index >= 15 is 0 Å². The molecule has 0 radical (unpaired) electrons. The second kappa shape index (κ2) is 11.7. The Balaban J connectivity index is 1.19. The molecule has 3 aromatic rings. The molecule has 3 N–H and O–H groups in total. The van der Waals surface area contributed by atoms with Crippen LogP contribution in [-0.4, -0.2) is 62.3 Å². The van der Waals surface area contributed by atoms with E-state index in [0.717, 1.165) is 47.3 Å². The summed E-state index contributed by atoms with van der Waals surface area (Å²) in [6, 6.07) is 20.8. The number of aryl methyl sites for hydroxylation is 1. The van der Waals surface area contributed by atoms with Gasteiger partial charge in [-0.1, -0.05) is 30.3 Å². The van der Waals surface area contributed by atoms with Crippen LogP contribution in [0.15, 0.2) is 66.7 Å². The summed E-state index contributed by atoms with van der Waals surface area (Å²) < 4.78 is 23.3. The molecule has 0 bridgehead atoms. The number of sulfone groups is 1. The third kappa shape index (κ3) is 6.92. The van der Waals surface area contributed by atoms with Crippen molar-refractivity contribution < 1.29 is 18.0 Å². The topological polar surface area (TPSA) is 108 Å². The van der Waals surface area contributed by atoms with E-state index in [1.54, 1.807) is 12.1 Å². The van der Waals surface area contributed by atoms with Gasteiger partial charge in [0.2, 0.25) is 5.91 Å². The molecule has 0 spiro atoms. The number of rotatable bonds is 7. The largest absolute Gasteiger partial charge is 0.325 e. The van der Waals surface area contributed by atoms with Gasteiger partial charge in [-0.15, -0.1) is 0 Å².